The van der Waals surface area contributed by atoms with Crippen LogP contribution in [-0.4, -0.2) is 25.2 Å². The fourth-order valence-electron chi connectivity index (χ4n) is 3.40. The second-order valence-corrected chi connectivity index (χ2v) is 9.07. The first-order valence-corrected chi connectivity index (χ1v) is 12.9. The lowest BCUT2D eigenvalue weighted by Crippen LogP contribution is -2.08. The molecule has 4 nitrogen and oxygen atoms in total. The average molecular weight is 427 g/mol. The Morgan fingerprint density at radius 2 is 0.967 bits per heavy atom. The maximum absolute atomic E-state index is 11.7. The van der Waals surface area contributed by atoms with Crippen LogP contribution in [0.5, 0.6) is 0 Å². The van der Waals surface area contributed by atoms with E-state index in [-0.39, 0.29) is 11.9 Å². The average Bonchev–Trinajstić information content (AvgIpc) is 2.71. The van der Waals surface area contributed by atoms with Gasteiger partial charge in [0.1, 0.15) is 0 Å². The fraction of sp³-hybridized carbons (Fsp3) is 0.923. The third-order valence-corrected chi connectivity index (χ3v) is 5.48. The quantitative estimate of drug-likeness (QED) is 0.131. The lowest BCUT2D eigenvalue weighted by atomic mass is 10.1. The zero-order chi connectivity index (χ0) is 22.3. The second kappa shape index (κ2) is 22.6. The maximum Gasteiger partial charge on any atom is 0.305 e. The molecule has 0 saturated heterocycles. The highest BCUT2D eigenvalue weighted by atomic mass is 16.5. The van der Waals surface area contributed by atoms with Gasteiger partial charge in [0.15, 0.2) is 0 Å². The highest BCUT2D eigenvalue weighted by molar-refractivity contribution is 5.69. The molecule has 178 valence electrons. The van der Waals surface area contributed by atoms with Gasteiger partial charge in [-0.2, -0.15) is 0 Å². The van der Waals surface area contributed by atoms with Crippen molar-refractivity contribution >= 4 is 11.9 Å². The Bertz CT molecular complexity index is 392. The minimum atomic E-state index is -0.120. The van der Waals surface area contributed by atoms with E-state index in [1.54, 1.807) is 0 Å². The molecule has 0 saturated carbocycles. The minimum absolute atomic E-state index is 0.0995. The van der Waals surface area contributed by atoms with E-state index >= 15 is 0 Å². The van der Waals surface area contributed by atoms with Crippen molar-refractivity contribution in [2.45, 2.75) is 136 Å². The Morgan fingerprint density at radius 1 is 0.567 bits per heavy atom. The van der Waals surface area contributed by atoms with Gasteiger partial charge in [-0.1, -0.05) is 97.8 Å². The summed E-state index contributed by atoms with van der Waals surface area (Å²) in [4.78, 5) is 23.3. The topological polar surface area (TPSA) is 52.6 Å². The van der Waals surface area contributed by atoms with Gasteiger partial charge in [-0.05, 0) is 31.6 Å². The summed E-state index contributed by atoms with van der Waals surface area (Å²) in [6.07, 6.45) is 20.0. The summed E-state index contributed by atoms with van der Waals surface area (Å²) < 4.78 is 10.5. The fourth-order valence-corrected chi connectivity index (χ4v) is 3.40. The molecule has 0 spiro atoms. The zero-order valence-corrected chi connectivity index (χ0v) is 20.4. The van der Waals surface area contributed by atoms with E-state index in [9.17, 15) is 9.59 Å². The monoisotopic (exact) mass is 426 g/mol. The molecular weight excluding hydrogens is 376 g/mol. The van der Waals surface area contributed by atoms with E-state index in [4.69, 9.17) is 9.47 Å². The molecule has 0 aliphatic rings. The smallest absolute Gasteiger partial charge is 0.305 e. The van der Waals surface area contributed by atoms with Gasteiger partial charge in [0, 0.05) is 12.8 Å². The van der Waals surface area contributed by atoms with E-state index in [1.807, 2.05) is 0 Å². The van der Waals surface area contributed by atoms with Crippen molar-refractivity contribution in [3.8, 4) is 0 Å². The lowest BCUT2D eigenvalue weighted by molar-refractivity contribution is -0.144. The van der Waals surface area contributed by atoms with Crippen molar-refractivity contribution in [2.24, 2.45) is 5.92 Å². The number of unbranched alkanes of at least 4 members (excludes halogenated alkanes) is 13. The Morgan fingerprint density at radius 3 is 1.43 bits per heavy atom. The van der Waals surface area contributed by atoms with Crippen molar-refractivity contribution in [2.75, 3.05) is 13.2 Å². The largest absolute Gasteiger partial charge is 0.466 e. The van der Waals surface area contributed by atoms with Crippen LogP contribution in [0.15, 0.2) is 0 Å². The van der Waals surface area contributed by atoms with Gasteiger partial charge in [0.2, 0.25) is 0 Å². The molecule has 0 rings (SSSR count). The predicted octanol–water partition coefficient (Wildman–Crippen LogP) is 7.77. The molecule has 0 fully saturated rings. The van der Waals surface area contributed by atoms with Crippen LogP contribution in [-0.2, 0) is 19.1 Å². The van der Waals surface area contributed by atoms with Gasteiger partial charge in [-0.25, -0.2) is 0 Å². The summed E-state index contributed by atoms with van der Waals surface area (Å²) in [7, 11) is 0. The van der Waals surface area contributed by atoms with Crippen LogP contribution >= 0.6 is 0 Å². The highest BCUT2D eigenvalue weighted by Gasteiger charge is 2.06. The second-order valence-electron chi connectivity index (χ2n) is 9.07. The van der Waals surface area contributed by atoms with Crippen LogP contribution in [0, 0.1) is 5.92 Å². The van der Waals surface area contributed by atoms with Crippen LogP contribution in [0.4, 0.5) is 0 Å². The Balaban J connectivity index is 3.26. The van der Waals surface area contributed by atoms with Gasteiger partial charge in [0.05, 0.1) is 13.2 Å². The van der Waals surface area contributed by atoms with E-state index in [1.165, 1.54) is 64.2 Å². The number of esters is 2. The van der Waals surface area contributed by atoms with Crippen LogP contribution in [0.3, 0.4) is 0 Å². The molecule has 0 atom stereocenters. The van der Waals surface area contributed by atoms with E-state index in [2.05, 4.69) is 20.8 Å². The van der Waals surface area contributed by atoms with Crippen LogP contribution in [0.1, 0.15) is 136 Å². The van der Waals surface area contributed by atoms with Crippen molar-refractivity contribution < 1.29 is 19.1 Å². The summed E-state index contributed by atoms with van der Waals surface area (Å²) in [6.45, 7) is 7.57. The Kier molecular flexibility index (Phi) is 21.8. The molecule has 0 heterocycles. The number of ether oxygens (including phenoxy) is 2. The summed E-state index contributed by atoms with van der Waals surface area (Å²) in [6, 6.07) is 0. The van der Waals surface area contributed by atoms with E-state index in [0.29, 0.717) is 32.0 Å². The van der Waals surface area contributed by atoms with Crippen molar-refractivity contribution in [1.82, 2.24) is 0 Å². The van der Waals surface area contributed by atoms with E-state index in [0.717, 1.165) is 38.5 Å². The third-order valence-electron chi connectivity index (χ3n) is 5.48. The van der Waals surface area contributed by atoms with Crippen LogP contribution in [0.2, 0.25) is 0 Å². The highest BCUT2D eigenvalue weighted by Crippen LogP contribution is 2.12. The predicted molar refractivity (Wildman–Crippen MR) is 126 cm³/mol. The van der Waals surface area contributed by atoms with Crippen LogP contribution in [0.25, 0.3) is 0 Å². The van der Waals surface area contributed by atoms with Gasteiger partial charge in [-0.3, -0.25) is 9.59 Å². The molecule has 4 heteroatoms. The normalized spacial score (nSPS) is 11.1. The molecule has 0 aliphatic heterocycles. The SMILES string of the molecule is CCCCCCCCCCCCCCOC(=O)CCCCCC(=O)OCCC(C)C. The zero-order valence-electron chi connectivity index (χ0n) is 20.4. The van der Waals surface area contributed by atoms with Crippen molar-refractivity contribution in [3.63, 3.8) is 0 Å². The van der Waals surface area contributed by atoms with Crippen LogP contribution < -0.4 is 0 Å². The number of rotatable bonds is 22. The molecule has 0 aliphatic carbocycles. The number of carbonyl (C=O) groups excluding carboxylic acids is 2. The first-order chi connectivity index (χ1) is 14.6. The van der Waals surface area contributed by atoms with Gasteiger partial charge in [-0.15, -0.1) is 0 Å². The number of hydrogen-bond donors (Lipinski definition) is 0. The molecule has 0 bridgehead atoms. The van der Waals surface area contributed by atoms with Gasteiger partial charge in [0.25, 0.3) is 0 Å². The summed E-state index contributed by atoms with van der Waals surface area (Å²) >= 11 is 0. The minimum Gasteiger partial charge on any atom is -0.466 e. The maximum atomic E-state index is 11.7. The van der Waals surface area contributed by atoms with E-state index < -0.39 is 0 Å². The summed E-state index contributed by atoms with van der Waals surface area (Å²) in [5.41, 5.74) is 0. The molecule has 0 aromatic heterocycles. The third kappa shape index (κ3) is 23.2. The molecule has 0 N–H and O–H groups in total. The molecule has 0 unspecified atom stereocenters. The van der Waals surface area contributed by atoms with Crippen molar-refractivity contribution in [1.29, 1.82) is 0 Å². The Hall–Kier alpha value is -1.06. The van der Waals surface area contributed by atoms with Gasteiger partial charge < -0.3 is 9.47 Å². The summed E-state index contributed by atoms with van der Waals surface area (Å²) in [5.74, 6) is 0.335. The molecule has 30 heavy (non-hydrogen) atoms. The van der Waals surface area contributed by atoms with Crippen molar-refractivity contribution in [3.05, 3.63) is 0 Å². The lowest BCUT2D eigenvalue weighted by Gasteiger charge is -2.07. The standard InChI is InChI=1S/C26H50O4/c1-4-5-6-7-8-9-10-11-12-13-14-18-22-29-25(27)19-16-15-17-20-26(28)30-23-21-24(2)3/h24H,4-23H2,1-3H3. The molecule has 0 aromatic carbocycles. The summed E-state index contributed by atoms with van der Waals surface area (Å²) in [5, 5.41) is 0. The Labute approximate surface area is 186 Å². The number of hydrogen-bond acceptors (Lipinski definition) is 4. The molecular formula is C26H50O4. The number of carbonyl (C=O) groups is 2. The first kappa shape index (κ1) is 28.9. The first-order valence-electron chi connectivity index (χ1n) is 12.9. The molecule has 0 radical (unpaired) electrons. The molecule has 0 aromatic rings. The van der Waals surface area contributed by atoms with Gasteiger partial charge >= 0.3 is 11.9 Å². The molecule has 0 amide bonds.